The highest BCUT2D eigenvalue weighted by Gasteiger charge is 2.51. The van der Waals surface area contributed by atoms with E-state index in [1.54, 1.807) is 36.5 Å². The van der Waals surface area contributed by atoms with Crippen LogP contribution in [0.15, 0.2) is 53.7 Å². The van der Waals surface area contributed by atoms with E-state index in [0.29, 0.717) is 71.2 Å². The van der Waals surface area contributed by atoms with Crippen molar-refractivity contribution in [3.05, 3.63) is 92.2 Å². The average molecular weight is 982 g/mol. The maximum atomic E-state index is 14.0. The molecule has 11 heterocycles. The van der Waals surface area contributed by atoms with Gasteiger partial charge in [0.15, 0.2) is 5.75 Å². The molecule has 3 saturated heterocycles. The number of piperazine rings is 1. The summed E-state index contributed by atoms with van der Waals surface area (Å²) in [7, 11) is 1.68. The van der Waals surface area contributed by atoms with Gasteiger partial charge in [0.2, 0.25) is 11.8 Å². The van der Waals surface area contributed by atoms with Gasteiger partial charge in [0.1, 0.15) is 51.1 Å². The zero-order valence-corrected chi connectivity index (χ0v) is 40.9. The molecule has 20 heteroatoms. The number of fused-ring (bicyclic) bond motifs is 8. The van der Waals surface area contributed by atoms with Crippen molar-refractivity contribution in [3.63, 3.8) is 0 Å². The van der Waals surface area contributed by atoms with Crippen molar-refractivity contribution >= 4 is 68.9 Å². The Kier molecular flexibility index (Phi) is 10.8. The topological polar surface area (TPSA) is 208 Å². The SMILES string of the molecule is C[C@H]1CN([C@H]2CCN3c4sc5c(c4OC[C@H]3C2)C(=O)N(C2CCC(=O)NC2=O)C5=O)CCN1c1ccc(Nc2cc(-c3ccnc(N4CCn5c(cc6c5CC(C)(C)C6)C4=O)c3CO)cn(C)c2=O)nc1. The number of ether oxygens (including phenoxy) is 1. The van der Waals surface area contributed by atoms with Gasteiger partial charge in [0, 0.05) is 94.0 Å². The molecule has 0 aromatic carbocycles. The minimum absolute atomic E-state index is 0.0666. The van der Waals surface area contributed by atoms with Crippen molar-refractivity contribution in [2.24, 2.45) is 12.5 Å². The lowest BCUT2D eigenvalue weighted by atomic mass is 9.90. The number of carbonyl (C=O) groups is 5. The molecule has 0 spiro atoms. The largest absolute Gasteiger partial charge is 0.487 e. The molecule has 3 fully saturated rings. The van der Waals surface area contributed by atoms with E-state index in [1.165, 1.54) is 27.2 Å². The number of aryl methyl sites for hydroxylation is 1. The molecule has 7 aliphatic rings. The van der Waals surface area contributed by atoms with E-state index >= 15 is 0 Å². The first-order chi connectivity index (χ1) is 34.2. The maximum Gasteiger partial charge on any atom is 0.276 e. The number of nitrogens with zero attached hydrogens (tertiary/aromatic N) is 9. The van der Waals surface area contributed by atoms with Gasteiger partial charge in [-0.15, -0.1) is 11.3 Å². The summed E-state index contributed by atoms with van der Waals surface area (Å²) in [6.07, 6.45) is 9.03. The van der Waals surface area contributed by atoms with Gasteiger partial charge in [0.05, 0.1) is 24.5 Å². The third kappa shape index (κ3) is 7.43. The molecule has 0 saturated carbocycles. The molecule has 0 bridgehead atoms. The van der Waals surface area contributed by atoms with Crippen LogP contribution in [0.5, 0.6) is 5.75 Å². The summed E-state index contributed by atoms with van der Waals surface area (Å²) in [6.45, 7) is 11.1. The number of hydrogen-bond donors (Lipinski definition) is 3. The fraction of sp³-hybridized carbons (Fsp3) is 0.451. The number of hydrogen-bond acceptors (Lipinski definition) is 15. The van der Waals surface area contributed by atoms with Crippen molar-refractivity contribution in [2.75, 3.05) is 59.3 Å². The number of aliphatic hydroxyl groups is 1. The van der Waals surface area contributed by atoms with Gasteiger partial charge in [0.25, 0.3) is 23.3 Å². The predicted molar refractivity (Wildman–Crippen MR) is 265 cm³/mol. The molecule has 5 amide bonds. The number of aromatic nitrogens is 4. The first-order valence-corrected chi connectivity index (χ1v) is 25.3. The fourth-order valence-electron chi connectivity index (χ4n) is 12.2. The number of amides is 5. The first kappa shape index (κ1) is 45.3. The summed E-state index contributed by atoms with van der Waals surface area (Å²) in [4.78, 5) is 98.6. The van der Waals surface area contributed by atoms with Gasteiger partial charge in [-0.05, 0) is 85.9 Å². The molecular weight excluding hydrogens is 927 g/mol. The van der Waals surface area contributed by atoms with Gasteiger partial charge in [-0.1, -0.05) is 13.8 Å². The van der Waals surface area contributed by atoms with E-state index in [9.17, 15) is 33.9 Å². The van der Waals surface area contributed by atoms with Crippen molar-refractivity contribution in [3.8, 4) is 16.9 Å². The molecule has 71 heavy (non-hydrogen) atoms. The Morgan fingerprint density at radius 3 is 2.55 bits per heavy atom. The van der Waals surface area contributed by atoms with Crippen LogP contribution in [-0.4, -0.2) is 127 Å². The van der Waals surface area contributed by atoms with Gasteiger partial charge in [-0.3, -0.25) is 48.8 Å². The van der Waals surface area contributed by atoms with Crippen LogP contribution in [0.3, 0.4) is 0 Å². The second kappa shape index (κ2) is 16.9. The molecule has 368 valence electrons. The van der Waals surface area contributed by atoms with E-state index in [-0.39, 0.29) is 58.9 Å². The molecule has 1 unspecified atom stereocenters. The zero-order chi connectivity index (χ0) is 49.2. The van der Waals surface area contributed by atoms with Crippen molar-refractivity contribution in [2.45, 2.75) is 96.6 Å². The van der Waals surface area contributed by atoms with Gasteiger partial charge >= 0.3 is 0 Å². The average Bonchev–Trinajstić information content (AvgIpc) is 4.07. The molecule has 3 N–H and O–H groups in total. The predicted octanol–water partition coefficient (Wildman–Crippen LogP) is 4.07. The number of imide groups is 2. The molecular formula is C51H55N11O8S. The summed E-state index contributed by atoms with van der Waals surface area (Å²) in [6, 6.07) is 9.06. The number of thiophene rings is 1. The van der Waals surface area contributed by atoms with E-state index in [1.807, 2.05) is 24.4 Å². The molecule has 19 nitrogen and oxygen atoms in total. The van der Waals surface area contributed by atoms with E-state index in [0.717, 1.165) is 67.5 Å². The molecule has 1 aliphatic carbocycles. The minimum Gasteiger partial charge on any atom is -0.487 e. The Hall–Kier alpha value is -6.90. The number of rotatable bonds is 8. The number of piperidine rings is 2. The van der Waals surface area contributed by atoms with Crippen LogP contribution in [0.4, 0.5) is 28.0 Å². The summed E-state index contributed by atoms with van der Waals surface area (Å²) < 4.78 is 9.94. The molecule has 5 aromatic rings. The Morgan fingerprint density at radius 1 is 0.930 bits per heavy atom. The summed E-state index contributed by atoms with van der Waals surface area (Å²) in [5.41, 5.74) is 6.41. The fourth-order valence-corrected chi connectivity index (χ4v) is 13.5. The number of pyridine rings is 3. The maximum absolute atomic E-state index is 14.0. The zero-order valence-electron chi connectivity index (χ0n) is 40.1. The second-order valence-electron chi connectivity index (χ2n) is 20.8. The Balaban J connectivity index is 0.691. The van der Waals surface area contributed by atoms with Crippen LogP contribution in [0.1, 0.15) is 93.8 Å². The highest BCUT2D eigenvalue weighted by molar-refractivity contribution is 7.19. The quantitative estimate of drug-likeness (QED) is 0.188. The first-order valence-electron chi connectivity index (χ1n) is 24.5. The number of anilines is 5. The Labute approximate surface area is 413 Å². The summed E-state index contributed by atoms with van der Waals surface area (Å²) in [5.74, 6) is -0.894. The monoisotopic (exact) mass is 981 g/mol. The lowest BCUT2D eigenvalue weighted by Crippen LogP contribution is -2.59. The van der Waals surface area contributed by atoms with Crippen LogP contribution in [0.25, 0.3) is 11.1 Å². The van der Waals surface area contributed by atoms with Crippen molar-refractivity contribution in [1.29, 1.82) is 0 Å². The normalized spacial score (nSPS) is 23.8. The lowest BCUT2D eigenvalue weighted by Gasteiger charge is -2.49. The second-order valence-corrected chi connectivity index (χ2v) is 21.8. The van der Waals surface area contributed by atoms with Crippen LogP contribution in [0, 0.1) is 5.41 Å². The van der Waals surface area contributed by atoms with E-state index in [4.69, 9.17) is 9.72 Å². The van der Waals surface area contributed by atoms with Crippen LogP contribution >= 0.6 is 11.3 Å². The molecule has 4 atom stereocenters. The number of aliphatic hydroxyl groups excluding tert-OH is 1. The molecule has 12 rings (SSSR count). The Bertz CT molecular complexity index is 3160. The van der Waals surface area contributed by atoms with Gasteiger partial charge in [-0.25, -0.2) is 9.97 Å². The van der Waals surface area contributed by atoms with Crippen LogP contribution in [-0.2, 0) is 42.6 Å². The smallest absolute Gasteiger partial charge is 0.276 e. The van der Waals surface area contributed by atoms with Crippen molar-refractivity contribution in [1.82, 2.24) is 34.2 Å². The van der Waals surface area contributed by atoms with Crippen LogP contribution < -0.4 is 35.6 Å². The van der Waals surface area contributed by atoms with E-state index < -0.39 is 29.7 Å². The standard InChI is InChI=1S/C51H55N11O8S/c1-27-23-57(30-10-12-59-32(19-30)26-70-42-41-43(71-50(42)59)49(69)62(48(41)68)36-6-8-40(64)55-45(36)65)13-14-58(27)31-5-7-39(53-22-31)54-35-17-29(24-56(4)46(35)66)33-9-11-52-44(34(33)25-63)61-16-15-60-37(47(61)67)18-28-20-51(2,3)21-38(28)60/h5,7,9,11,17-18,22,24,27,30,32,36,63H,6,8,10,12-16,19-21,23,25-26H2,1-4H3,(H,53,54)(H,55,64,65)/t27-,30-,32+,36?/m0/s1. The third-order valence-electron chi connectivity index (χ3n) is 15.7. The highest BCUT2D eigenvalue weighted by Crippen LogP contribution is 2.51. The number of nitrogens with one attached hydrogen (secondary N) is 2. The lowest BCUT2D eigenvalue weighted by molar-refractivity contribution is -0.136. The Morgan fingerprint density at radius 2 is 1.77 bits per heavy atom. The summed E-state index contributed by atoms with van der Waals surface area (Å²) in [5, 5.41) is 17.1. The molecule has 0 radical (unpaired) electrons. The summed E-state index contributed by atoms with van der Waals surface area (Å²) >= 11 is 1.26. The van der Waals surface area contributed by atoms with Gasteiger partial charge in [-0.2, -0.15) is 0 Å². The third-order valence-corrected chi connectivity index (χ3v) is 16.9. The van der Waals surface area contributed by atoms with E-state index in [2.05, 4.69) is 55.7 Å². The van der Waals surface area contributed by atoms with Gasteiger partial charge < -0.3 is 34.1 Å². The van der Waals surface area contributed by atoms with Crippen LogP contribution in [0.2, 0.25) is 0 Å². The van der Waals surface area contributed by atoms with Crippen molar-refractivity contribution < 1.29 is 33.8 Å². The molecule has 5 aromatic heterocycles. The highest BCUT2D eigenvalue weighted by atomic mass is 32.1. The number of carbonyl (C=O) groups excluding carboxylic acids is 5. The molecule has 6 aliphatic heterocycles. The minimum atomic E-state index is -1.02.